The molecule has 2 N–H and O–H groups in total. The summed E-state index contributed by atoms with van der Waals surface area (Å²) >= 11 is 0. The predicted octanol–water partition coefficient (Wildman–Crippen LogP) is 1.97. The van der Waals surface area contributed by atoms with E-state index in [-0.39, 0.29) is 36.1 Å². The number of methoxy groups -OCH3 is 1. The van der Waals surface area contributed by atoms with Gasteiger partial charge in [0, 0.05) is 25.7 Å². The van der Waals surface area contributed by atoms with Gasteiger partial charge in [-0.05, 0) is 40.7 Å². The lowest BCUT2D eigenvalue weighted by atomic mass is 9.81. The highest BCUT2D eigenvalue weighted by molar-refractivity contribution is 5.81. The predicted molar refractivity (Wildman–Crippen MR) is 99.4 cm³/mol. The average Bonchev–Trinajstić information content (AvgIpc) is 2.91. The van der Waals surface area contributed by atoms with E-state index in [9.17, 15) is 4.79 Å². The Balaban J connectivity index is 3.02. The van der Waals surface area contributed by atoms with Crippen LogP contribution in [0.15, 0.2) is 12.7 Å². The zero-order chi connectivity index (χ0) is 19.2. The summed E-state index contributed by atoms with van der Waals surface area (Å²) < 4.78 is 17.1. The van der Waals surface area contributed by atoms with Crippen molar-refractivity contribution in [3.8, 4) is 0 Å². The number of carbonyl (C=O) groups excluding carboxylic acids is 1. The van der Waals surface area contributed by atoms with Crippen molar-refractivity contribution < 1.29 is 19.0 Å². The van der Waals surface area contributed by atoms with E-state index in [4.69, 9.17) is 19.9 Å². The first-order valence-electron chi connectivity index (χ1n) is 9.17. The Kier molecular flexibility index (Phi) is 8.71. The van der Waals surface area contributed by atoms with E-state index in [2.05, 4.69) is 11.5 Å². The van der Waals surface area contributed by atoms with E-state index in [0.717, 1.165) is 6.42 Å². The zero-order valence-electron chi connectivity index (χ0n) is 16.7. The third-order valence-corrected chi connectivity index (χ3v) is 5.60. The molecule has 1 saturated heterocycles. The Labute approximate surface area is 152 Å². The third kappa shape index (κ3) is 4.89. The van der Waals surface area contributed by atoms with Gasteiger partial charge in [0.1, 0.15) is 11.4 Å². The molecule has 0 aromatic heterocycles. The van der Waals surface area contributed by atoms with Crippen molar-refractivity contribution in [2.24, 2.45) is 11.7 Å². The molecule has 0 aromatic rings. The standard InChI is InChI=1S/C19H36N2O4/c1-8-19(9-2,23-7)18(20)17-15(12-25-14(5)24-10-3)11-16(13(4)22)21(17)6/h8,14-18H,1,9-12,20H2,2-7H3. The Hall–Kier alpha value is -0.790. The number of likely N-dealkylation sites (N-methyl/N-ethyl adjacent to an activating group) is 1. The molecule has 1 aliphatic heterocycles. The van der Waals surface area contributed by atoms with Crippen molar-refractivity contribution >= 4 is 5.78 Å². The summed E-state index contributed by atoms with van der Waals surface area (Å²) in [6, 6.07) is -0.505. The van der Waals surface area contributed by atoms with Crippen molar-refractivity contribution in [2.75, 3.05) is 27.4 Å². The number of ketones is 1. The quantitative estimate of drug-likeness (QED) is 0.451. The van der Waals surface area contributed by atoms with Crippen molar-refractivity contribution in [1.82, 2.24) is 4.90 Å². The Morgan fingerprint density at radius 3 is 2.52 bits per heavy atom. The fourth-order valence-electron chi connectivity index (χ4n) is 4.01. The highest BCUT2D eigenvalue weighted by atomic mass is 16.7. The van der Waals surface area contributed by atoms with Gasteiger partial charge in [-0.1, -0.05) is 13.0 Å². The molecule has 0 bridgehead atoms. The second kappa shape index (κ2) is 9.78. The lowest BCUT2D eigenvalue weighted by Crippen LogP contribution is -2.60. The number of ether oxygens (including phenoxy) is 3. The first kappa shape index (κ1) is 22.3. The Morgan fingerprint density at radius 2 is 2.08 bits per heavy atom. The summed E-state index contributed by atoms with van der Waals surface area (Å²) in [5, 5.41) is 0. The molecule has 6 nitrogen and oxygen atoms in total. The van der Waals surface area contributed by atoms with E-state index >= 15 is 0 Å². The van der Waals surface area contributed by atoms with Gasteiger partial charge in [0.15, 0.2) is 6.29 Å². The summed E-state index contributed by atoms with van der Waals surface area (Å²) in [7, 11) is 3.62. The SMILES string of the molecule is C=CC(CC)(OC)C(N)C1C(COC(C)OCC)CC(C(C)=O)N1C. The molecule has 0 aromatic carbocycles. The number of Topliss-reactive ketones (excluding diaryl/α,β-unsaturated/α-hetero) is 1. The van der Waals surface area contributed by atoms with Crippen LogP contribution in [0.2, 0.25) is 0 Å². The van der Waals surface area contributed by atoms with E-state index in [1.54, 1.807) is 20.1 Å². The molecule has 0 radical (unpaired) electrons. The lowest BCUT2D eigenvalue weighted by Gasteiger charge is -2.42. The monoisotopic (exact) mass is 356 g/mol. The van der Waals surface area contributed by atoms with Gasteiger partial charge < -0.3 is 19.9 Å². The second-order valence-electron chi connectivity index (χ2n) is 6.88. The highest BCUT2D eigenvalue weighted by Gasteiger charge is 2.49. The van der Waals surface area contributed by atoms with Crippen LogP contribution in [-0.4, -0.2) is 68.1 Å². The van der Waals surface area contributed by atoms with Gasteiger partial charge in [-0.2, -0.15) is 0 Å². The zero-order valence-corrected chi connectivity index (χ0v) is 16.7. The summed E-state index contributed by atoms with van der Waals surface area (Å²) in [4.78, 5) is 14.2. The van der Waals surface area contributed by atoms with Crippen molar-refractivity contribution in [3.05, 3.63) is 12.7 Å². The van der Waals surface area contributed by atoms with Crippen molar-refractivity contribution in [2.45, 2.75) is 70.6 Å². The lowest BCUT2D eigenvalue weighted by molar-refractivity contribution is -0.138. The Morgan fingerprint density at radius 1 is 1.44 bits per heavy atom. The van der Waals surface area contributed by atoms with Gasteiger partial charge in [-0.3, -0.25) is 9.69 Å². The number of likely N-dealkylation sites (tertiary alicyclic amines) is 1. The number of nitrogens with two attached hydrogens (primary N) is 1. The van der Waals surface area contributed by atoms with Gasteiger partial charge in [-0.15, -0.1) is 6.58 Å². The average molecular weight is 357 g/mol. The minimum absolute atomic E-state index is 0.0411. The Bertz CT molecular complexity index is 439. The van der Waals surface area contributed by atoms with Crippen LogP contribution in [0.25, 0.3) is 0 Å². The van der Waals surface area contributed by atoms with Crippen LogP contribution in [-0.2, 0) is 19.0 Å². The molecule has 0 aliphatic carbocycles. The molecule has 1 fully saturated rings. The molecule has 6 atom stereocenters. The van der Waals surface area contributed by atoms with E-state index in [1.165, 1.54) is 0 Å². The van der Waals surface area contributed by atoms with Crippen LogP contribution in [0.3, 0.4) is 0 Å². The van der Waals surface area contributed by atoms with Gasteiger partial charge >= 0.3 is 0 Å². The van der Waals surface area contributed by atoms with Gasteiger partial charge in [0.25, 0.3) is 0 Å². The van der Waals surface area contributed by atoms with Gasteiger partial charge in [-0.25, -0.2) is 0 Å². The molecular formula is C19H36N2O4. The first-order chi connectivity index (χ1) is 11.8. The van der Waals surface area contributed by atoms with Crippen LogP contribution < -0.4 is 5.73 Å². The fraction of sp³-hybridized carbons (Fsp3) is 0.842. The van der Waals surface area contributed by atoms with Crippen molar-refractivity contribution in [1.29, 1.82) is 0 Å². The molecule has 1 rings (SSSR count). The molecule has 1 aliphatic rings. The summed E-state index contributed by atoms with van der Waals surface area (Å²) in [6.45, 7) is 12.5. The molecule has 6 unspecified atom stereocenters. The molecule has 0 saturated carbocycles. The van der Waals surface area contributed by atoms with Gasteiger partial charge in [0.2, 0.25) is 0 Å². The third-order valence-electron chi connectivity index (χ3n) is 5.60. The highest BCUT2D eigenvalue weighted by Crippen LogP contribution is 2.36. The number of hydrogen-bond acceptors (Lipinski definition) is 6. The normalized spacial score (nSPS) is 29.2. The topological polar surface area (TPSA) is 74.0 Å². The smallest absolute Gasteiger partial charge is 0.154 e. The minimum atomic E-state index is -0.631. The number of carbonyl (C=O) groups is 1. The van der Waals surface area contributed by atoms with Crippen LogP contribution in [0, 0.1) is 5.92 Å². The summed E-state index contributed by atoms with van der Waals surface area (Å²) in [6.07, 6.45) is 2.95. The van der Waals surface area contributed by atoms with Crippen LogP contribution >= 0.6 is 0 Å². The molecule has 1 heterocycles. The molecule has 0 amide bonds. The summed E-state index contributed by atoms with van der Waals surface area (Å²) in [5.74, 6) is 0.274. The van der Waals surface area contributed by atoms with E-state index < -0.39 is 5.60 Å². The molecule has 25 heavy (non-hydrogen) atoms. The maximum absolute atomic E-state index is 12.1. The van der Waals surface area contributed by atoms with Crippen molar-refractivity contribution in [3.63, 3.8) is 0 Å². The first-order valence-corrected chi connectivity index (χ1v) is 9.17. The van der Waals surface area contributed by atoms with E-state index in [0.29, 0.717) is 19.6 Å². The minimum Gasteiger partial charge on any atom is -0.372 e. The second-order valence-corrected chi connectivity index (χ2v) is 6.88. The van der Waals surface area contributed by atoms with Crippen LogP contribution in [0.5, 0.6) is 0 Å². The maximum Gasteiger partial charge on any atom is 0.154 e. The number of rotatable bonds is 11. The molecule has 146 valence electrons. The fourth-order valence-corrected chi connectivity index (χ4v) is 4.01. The number of nitrogens with zero attached hydrogens (tertiary/aromatic N) is 1. The van der Waals surface area contributed by atoms with Crippen LogP contribution in [0.4, 0.5) is 0 Å². The number of hydrogen-bond donors (Lipinski definition) is 1. The maximum atomic E-state index is 12.1. The van der Waals surface area contributed by atoms with Gasteiger partial charge in [0.05, 0.1) is 18.7 Å². The molecule has 6 heteroatoms. The summed E-state index contributed by atoms with van der Waals surface area (Å²) in [5.41, 5.74) is 6.03. The largest absolute Gasteiger partial charge is 0.372 e. The van der Waals surface area contributed by atoms with Crippen LogP contribution in [0.1, 0.15) is 40.5 Å². The molecule has 0 spiro atoms. The van der Waals surface area contributed by atoms with E-state index in [1.807, 2.05) is 27.8 Å². The molecular weight excluding hydrogens is 320 g/mol.